The van der Waals surface area contributed by atoms with E-state index in [0.29, 0.717) is 18.6 Å². The molecule has 0 fully saturated rings. The van der Waals surface area contributed by atoms with Gasteiger partial charge in [-0.1, -0.05) is 65.7 Å². The standard InChI is InChI=1S/C20H16Cl2O/c21-18-8-4-14(5-9-18)12-16-2-1-3-17(20(16)23)13-15-6-10-19(22)11-7-15/h1-11,23H,12-13H2. The van der Waals surface area contributed by atoms with Crippen LogP contribution in [0.15, 0.2) is 66.7 Å². The predicted molar refractivity (Wildman–Crippen MR) is 96.6 cm³/mol. The first-order valence-electron chi connectivity index (χ1n) is 7.40. The van der Waals surface area contributed by atoms with Gasteiger partial charge in [-0.3, -0.25) is 0 Å². The van der Waals surface area contributed by atoms with E-state index in [9.17, 15) is 5.11 Å². The molecule has 3 aromatic carbocycles. The molecule has 3 heteroatoms. The lowest BCUT2D eigenvalue weighted by molar-refractivity contribution is 0.463. The molecule has 1 nitrogen and oxygen atoms in total. The smallest absolute Gasteiger partial charge is 0.122 e. The Morgan fingerprint density at radius 3 is 1.39 bits per heavy atom. The van der Waals surface area contributed by atoms with Crippen LogP contribution < -0.4 is 0 Å². The maximum absolute atomic E-state index is 10.6. The molecule has 0 saturated heterocycles. The average molecular weight is 343 g/mol. The van der Waals surface area contributed by atoms with Gasteiger partial charge in [-0.15, -0.1) is 0 Å². The van der Waals surface area contributed by atoms with Crippen molar-refractivity contribution in [1.82, 2.24) is 0 Å². The zero-order chi connectivity index (χ0) is 16.2. The minimum absolute atomic E-state index is 0.359. The Balaban J connectivity index is 1.83. The largest absolute Gasteiger partial charge is 0.507 e. The van der Waals surface area contributed by atoms with Crippen LogP contribution in [0.1, 0.15) is 22.3 Å². The summed E-state index contributed by atoms with van der Waals surface area (Å²) < 4.78 is 0. The van der Waals surface area contributed by atoms with Gasteiger partial charge >= 0.3 is 0 Å². The summed E-state index contributed by atoms with van der Waals surface area (Å²) in [6, 6.07) is 21.3. The Morgan fingerprint density at radius 2 is 1.00 bits per heavy atom. The molecule has 0 aliphatic heterocycles. The normalized spacial score (nSPS) is 10.7. The lowest BCUT2D eigenvalue weighted by atomic mass is 9.98. The maximum Gasteiger partial charge on any atom is 0.122 e. The number of benzene rings is 3. The van der Waals surface area contributed by atoms with Crippen molar-refractivity contribution in [1.29, 1.82) is 0 Å². The number of rotatable bonds is 4. The third kappa shape index (κ3) is 4.07. The molecule has 0 saturated carbocycles. The summed E-state index contributed by atoms with van der Waals surface area (Å²) in [5.74, 6) is 0.359. The highest BCUT2D eigenvalue weighted by Gasteiger charge is 2.08. The minimum atomic E-state index is 0.359. The Bertz CT molecular complexity index is 727. The molecule has 1 N–H and O–H groups in total. The Morgan fingerprint density at radius 1 is 0.609 bits per heavy atom. The second-order valence-corrected chi connectivity index (χ2v) is 6.40. The number of hydrogen-bond donors (Lipinski definition) is 1. The molecule has 0 unspecified atom stereocenters. The first-order chi connectivity index (χ1) is 11.1. The second kappa shape index (κ2) is 7.08. The SMILES string of the molecule is Oc1c(Cc2ccc(Cl)cc2)cccc1Cc1ccc(Cl)cc1. The summed E-state index contributed by atoms with van der Waals surface area (Å²) in [5.41, 5.74) is 4.07. The van der Waals surface area contributed by atoms with Crippen LogP contribution in [-0.2, 0) is 12.8 Å². The molecule has 0 aliphatic rings. The molecule has 3 rings (SSSR count). The first kappa shape index (κ1) is 15.9. The van der Waals surface area contributed by atoms with E-state index >= 15 is 0 Å². The van der Waals surface area contributed by atoms with Crippen molar-refractivity contribution in [2.45, 2.75) is 12.8 Å². The zero-order valence-corrected chi connectivity index (χ0v) is 14.0. The highest BCUT2D eigenvalue weighted by atomic mass is 35.5. The molecule has 0 spiro atoms. The molecule has 0 amide bonds. The van der Waals surface area contributed by atoms with E-state index in [-0.39, 0.29) is 0 Å². The quantitative estimate of drug-likeness (QED) is 0.627. The Kier molecular flexibility index (Phi) is 4.90. The molecule has 3 aromatic rings. The van der Waals surface area contributed by atoms with Gasteiger partial charge in [0.2, 0.25) is 0 Å². The monoisotopic (exact) mass is 342 g/mol. The molecular formula is C20H16Cl2O. The van der Waals surface area contributed by atoms with Crippen molar-refractivity contribution in [2.75, 3.05) is 0 Å². The molecule has 0 radical (unpaired) electrons. The minimum Gasteiger partial charge on any atom is -0.507 e. The molecule has 116 valence electrons. The number of para-hydroxylation sites is 1. The van der Waals surface area contributed by atoms with Crippen LogP contribution in [-0.4, -0.2) is 5.11 Å². The molecule has 0 atom stereocenters. The fourth-order valence-corrected chi connectivity index (χ4v) is 2.83. The molecule has 0 bridgehead atoms. The topological polar surface area (TPSA) is 20.2 Å². The number of aromatic hydroxyl groups is 1. The lowest BCUT2D eigenvalue weighted by Crippen LogP contribution is -1.94. The van der Waals surface area contributed by atoms with Gasteiger partial charge in [0.25, 0.3) is 0 Å². The van der Waals surface area contributed by atoms with Crippen LogP contribution in [0, 0.1) is 0 Å². The first-order valence-corrected chi connectivity index (χ1v) is 8.16. The fourth-order valence-electron chi connectivity index (χ4n) is 2.57. The summed E-state index contributed by atoms with van der Waals surface area (Å²) in [6.07, 6.45) is 1.36. The Hall–Kier alpha value is -1.96. The van der Waals surface area contributed by atoms with E-state index in [1.54, 1.807) is 0 Å². The van der Waals surface area contributed by atoms with Crippen molar-refractivity contribution in [3.63, 3.8) is 0 Å². The number of hydrogen-bond acceptors (Lipinski definition) is 1. The lowest BCUT2D eigenvalue weighted by Gasteiger charge is -2.10. The summed E-state index contributed by atoms with van der Waals surface area (Å²) in [4.78, 5) is 0. The fraction of sp³-hybridized carbons (Fsp3) is 0.100. The van der Waals surface area contributed by atoms with Crippen LogP contribution in [0.2, 0.25) is 10.0 Å². The summed E-state index contributed by atoms with van der Waals surface area (Å²) in [5, 5.41) is 12.0. The number of halogens is 2. The summed E-state index contributed by atoms with van der Waals surface area (Å²) in [6.45, 7) is 0. The molecule has 0 aliphatic carbocycles. The number of phenols is 1. The van der Waals surface area contributed by atoms with Gasteiger partial charge in [-0.05, 0) is 46.5 Å². The molecule has 23 heavy (non-hydrogen) atoms. The summed E-state index contributed by atoms with van der Waals surface area (Å²) >= 11 is 11.8. The van der Waals surface area contributed by atoms with E-state index in [0.717, 1.165) is 32.3 Å². The highest BCUT2D eigenvalue weighted by molar-refractivity contribution is 6.30. The van der Waals surface area contributed by atoms with Gasteiger partial charge in [0, 0.05) is 22.9 Å². The van der Waals surface area contributed by atoms with E-state index in [1.807, 2.05) is 66.7 Å². The van der Waals surface area contributed by atoms with E-state index in [1.165, 1.54) is 0 Å². The maximum atomic E-state index is 10.6. The van der Waals surface area contributed by atoms with Crippen LogP contribution >= 0.6 is 23.2 Å². The van der Waals surface area contributed by atoms with E-state index < -0.39 is 0 Å². The van der Waals surface area contributed by atoms with Gasteiger partial charge in [0.15, 0.2) is 0 Å². The van der Waals surface area contributed by atoms with Gasteiger partial charge in [-0.2, -0.15) is 0 Å². The molecule has 0 aromatic heterocycles. The van der Waals surface area contributed by atoms with Crippen LogP contribution in [0.4, 0.5) is 0 Å². The van der Waals surface area contributed by atoms with Crippen molar-refractivity contribution in [2.24, 2.45) is 0 Å². The van der Waals surface area contributed by atoms with Gasteiger partial charge in [-0.25, -0.2) is 0 Å². The molecular weight excluding hydrogens is 327 g/mol. The summed E-state index contributed by atoms with van der Waals surface area (Å²) in [7, 11) is 0. The average Bonchev–Trinajstić information content (AvgIpc) is 2.55. The number of phenolic OH excluding ortho intramolecular Hbond substituents is 1. The van der Waals surface area contributed by atoms with Crippen molar-refractivity contribution in [3.8, 4) is 5.75 Å². The van der Waals surface area contributed by atoms with Crippen LogP contribution in [0.25, 0.3) is 0 Å². The third-order valence-electron chi connectivity index (χ3n) is 3.82. The second-order valence-electron chi connectivity index (χ2n) is 5.53. The Labute approximate surface area is 146 Å². The van der Waals surface area contributed by atoms with Crippen molar-refractivity contribution in [3.05, 3.63) is 99.0 Å². The molecule has 0 heterocycles. The zero-order valence-electron chi connectivity index (χ0n) is 12.5. The third-order valence-corrected chi connectivity index (χ3v) is 4.32. The van der Waals surface area contributed by atoms with Crippen molar-refractivity contribution < 1.29 is 5.11 Å². The van der Waals surface area contributed by atoms with Gasteiger partial charge in [0.05, 0.1) is 0 Å². The van der Waals surface area contributed by atoms with Crippen LogP contribution in [0.3, 0.4) is 0 Å². The predicted octanol–water partition coefficient (Wildman–Crippen LogP) is 5.88. The van der Waals surface area contributed by atoms with Gasteiger partial charge in [0.1, 0.15) is 5.75 Å². The van der Waals surface area contributed by atoms with E-state index in [4.69, 9.17) is 23.2 Å². The van der Waals surface area contributed by atoms with Crippen molar-refractivity contribution >= 4 is 23.2 Å². The highest BCUT2D eigenvalue weighted by Crippen LogP contribution is 2.27. The van der Waals surface area contributed by atoms with Gasteiger partial charge < -0.3 is 5.11 Å². The van der Waals surface area contributed by atoms with E-state index in [2.05, 4.69) is 0 Å². The van der Waals surface area contributed by atoms with Crippen LogP contribution in [0.5, 0.6) is 5.75 Å².